The third kappa shape index (κ3) is 3.56. The van der Waals surface area contributed by atoms with E-state index in [1.54, 1.807) is 7.11 Å². The lowest BCUT2D eigenvalue weighted by molar-refractivity contribution is 0.161. The Morgan fingerprint density at radius 3 is 3.11 bits per heavy atom. The lowest BCUT2D eigenvalue weighted by atomic mass is 10.1. The van der Waals surface area contributed by atoms with E-state index < -0.39 is 0 Å². The summed E-state index contributed by atoms with van der Waals surface area (Å²) in [5.74, 6) is 2.41. The van der Waals surface area contributed by atoms with E-state index in [1.165, 1.54) is 6.42 Å². The maximum atomic E-state index is 5.25. The molecule has 0 saturated carbocycles. The van der Waals surface area contributed by atoms with Gasteiger partial charge in [0.1, 0.15) is 5.82 Å². The van der Waals surface area contributed by atoms with Crippen LogP contribution in [0.3, 0.4) is 0 Å². The lowest BCUT2D eigenvalue weighted by Crippen LogP contribution is -2.23. The van der Waals surface area contributed by atoms with Crippen molar-refractivity contribution in [2.45, 2.75) is 26.7 Å². The van der Waals surface area contributed by atoms with E-state index >= 15 is 0 Å². The molecule has 1 fully saturated rings. The summed E-state index contributed by atoms with van der Waals surface area (Å²) in [4.78, 5) is 11.3. The van der Waals surface area contributed by atoms with E-state index in [4.69, 9.17) is 4.74 Å². The van der Waals surface area contributed by atoms with Gasteiger partial charge in [-0.1, -0.05) is 6.92 Å². The zero-order chi connectivity index (χ0) is 13.7. The van der Waals surface area contributed by atoms with Gasteiger partial charge in [-0.2, -0.15) is 4.98 Å². The second-order valence-electron chi connectivity index (χ2n) is 5.18. The molecule has 0 spiro atoms. The maximum Gasteiger partial charge on any atom is 0.224 e. The van der Waals surface area contributed by atoms with E-state index in [1.807, 2.05) is 6.20 Å². The molecule has 1 aromatic heterocycles. The molecule has 1 aliphatic heterocycles. The maximum absolute atomic E-state index is 5.25. The standard InChI is InChI=1S/C14H24N4O/c1-4-6-15-14-16-8-11(2)13(17-14)18-7-5-12(9-18)10-19-3/h8,12H,4-7,9-10H2,1-3H3,(H,15,16,17). The van der Waals surface area contributed by atoms with Gasteiger partial charge in [-0.05, 0) is 19.8 Å². The minimum Gasteiger partial charge on any atom is -0.384 e. The van der Waals surface area contributed by atoms with Crippen molar-refractivity contribution in [1.82, 2.24) is 9.97 Å². The Kier molecular flexibility index (Phi) is 4.96. The number of rotatable bonds is 6. The quantitative estimate of drug-likeness (QED) is 0.852. The minimum atomic E-state index is 0.617. The van der Waals surface area contributed by atoms with E-state index in [-0.39, 0.29) is 0 Å². The van der Waals surface area contributed by atoms with Crippen molar-refractivity contribution in [1.29, 1.82) is 0 Å². The summed E-state index contributed by atoms with van der Waals surface area (Å²) in [6, 6.07) is 0. The van der Waals surface area contributed by atoms with Gasteiger partial charge in [0.05, 0.1) is 6.61 Å². The predicted molar refractivity (Wildman–Crippen MR) is 77.7 cm³/mol. The first kappa shape index (κ1) is 14.1. The molecular weight excluding hydrogens is 240 g/mol. The van der Waals surface area contributed by atoms with Crippen LogP contribution in [0.4, 0.5) is 11.8 Å². The predicted octanol–water partition coefficient (Wildman–Crippen LogP) is 2.08. The van der Waals surface area contributed by atoms with E-state index in [2.05, 4.69) is 34.0 Å². The fourth-order valence-electron chi connectivity index (χ4n) is 2.47. The van der Waals surface area contributed by atoms with Crippen LogP contribution in [0, 0.1) is 12.8 Å². The monoisotopic (exact) mass is 264 g/mol. The number of anilines is 2. The molecule has 1 aliphatic rings. The minimum absolute atomic E-state index is 0.617. The van der Waals surface area contributed by atoms with Gasteiger partial charge < -0.3 is 15.0 Å². The molecule has 0 bridgehead atoms. The number of ether oxygens (including phenoxy) is 1. The number of aromatic nitrogens is 2. The van der Waals surface area contributed by atoms with Gasteiger partial charge in [0.15, 0.2) is 0 Å². The third-order valence-electron chi connectivity index (χ3n) is 3.47. The molecule has 0 aliphatic carbocycles. The molecule has 1 unspecified atom stereocenters. The molecule has 1 N–H and O–H groups in total. The highest BCUT2D eigenvalue weighted by Gasteiger charge is 2.24. The van der Waals surface area contributed by atoms with Crippen LogP contribution in [0.2, 0.25) is 0 Å². The first-order valence-corrected chi connectivity index (χ1v) is 7.06. The normalized spacial score (nSPS) is 18.9. The summed E-state index contributed by atoms with van der Waals surface area (Å²) < 4.78 is 5.25. The lowest BCUT2D eigenvalue weighted by Gasteiger charge is -2.20. The molecule has 2 heterocycles. The summed E-state index contributed by atoms with van der Waals surface area (Å²) in [5, 5.41) is 3.25. The highest BCUT2D eigenvalue weighted by Crippen LogP contribution is 2.25. The highest BCUT2D eigenvalue weighted by molar-refractivity contribution is 5.49. The molecule has 106 valence electrons. The Labute approximate surface area is 115 Å². The van der Waals surface area contributed by atoms with Crippen LogP contribution in [0.1, 0.15) is 25.3 Å². The third-order valence-corrected chi connectivity index (χ3v) is 3.47. The summed E-state index contributed by atoms with van der Waals surface area (Å²) >= 11 is 0. The van der Waals surface area contributed by atoms with Crippen LogP contribution in [0.25, 0.3) is 0 Å². The number of nitrogens with one attached hydrogen (secondary N) is 1. The van der Waals surface area contributed by atoms with Crippen LogP contribution < -0.4 is 10.2 Å². The Morgan fingerprint density at radius 1 is 1.53 bits per heavy atom. The number of nitrogens with zero attached hydrogens (tertiary/aromatic N) is 3. The number of aryl methyl sites for hydroxylation is 1. The van der Waals surface area contributed by atoms with Crippen LogP contribution in [0.15, 0.2) is 6.20 Å². The van der Waals surface area contributed by atoms with Gasteiger partial charge in [-0.25, -0.2) is 4.98 Å². The van der Waals surface area contributed by atoms with Gasteiger partial charge >= 0.3 is 0 Å². The average Bonchev–Trinajstić information content (AvgIpc) is 2.87. The Hall–Kier alpha value is -1.36. The molecule has 5 heteroatoms. The molecular formula is C14H24N4O. The zero-order valence-electron chi connectivity index (χ0n) is 12.1. The number of hydrogen-bond donors (Lipinski definition) is 1. The van der Waals surface area contributed by atoms with E-state index in [0.29, 0.717) is 5.92 Å². The van der Waals surface area contributed by atoms with E-state index in [0.717, 1.165) is 50.0 Å². The van der Waals surface area contributed by atoms with Crippen LogP contribution in [-0.4, -0.2) is 43.3 Å². The van der Waals surface area contributed by atoms with Gasteiger partial charge in [-0.15, -0.1) is 0 Å². The highest BCUT2D eigenvalue weighted by atomic mass is 16.5. The summed E-state index contributed by atoms with van der Waals surface area (Å²) in [6.45, 7) is 8.04. The molecule has 0 radical (unpaired) electrons. The molecule has 0 aromatic carbocycles. The Morgan fingerprint density at radius 2 is 2.37 bits per heavy atom. The molecule has 1 saturated heterocycles. The molecule has 19 heavy (non-hydrogen) atoms. The first-order valence-electron chi connectivity index (χ1n) is 7.06. The molecule has 1 atom stereocenters. The van der Waals surface area contributed by atoms with Gasteiger partial charge in [0.25, 0.3) is 0 Å². The van der Waals surface area contributed by atoms with Crippen molar-refractivity contribution in [2.75, 3.05) is 43.6 Å². The SMILES string of the molecule is CCCNc1ncc(C)c(N2CCC(COC)C2)n1. The van der Waals surface area contributed by atoms with Crippen LogP contribution in [-0.2, 0) is 4.74 Å². The van der Waals surface area contributed by atoms with Crippen molar-refractivity contribution in [3.05, 3.63) is 11.8 Å². The Bertz CT molecular complexity index is 410. The van der Waals surface area contributed by atoms with Crippen molar-refractivity contribution in [3.8, 4) is 0 Å². The molecule has 1 aromatic rings. The average molecular weight is 264 g/mol. The van der Waals surface area contributed by atoms with Crippen molar-refractivity contribution in [2.24, 2.45) is 5.92 Å². The molecule has 5 nitrogen and oxygen atoms in total. The fourth-order valence-corrected chi connectivity index (χ4v) is 2.47. The van der Waals surface area contributed by atoms with Gasteiger partial charge in [-0.3, -0.25) is 0 Å². The summed E-state index contributed by atoms with van der Waals surface area (Å²) in [7, 11) is 1.77. The zero-order valence-corrected chi connectivity index (χ0v) is 12.1. The Balaban J connectivity index is 2.06. The van der Waals surface area contributed by atoms with Crippen LogP contribution >= 0.6 is 0 Å². The van der Waals surface area contributed by atoms with Crippen molar-refractivity contribution >= 4 is 11.8 Å². The number of methoxy groups -OCH3 is 1. The smallest absolute Gasteiger partial charge is 0.224 e. The molecule has 2 rings (SSSR count). The first-order chi connectivity index (χ1) is 9.24. The topological polar surface area (TPSA) is 50.3 Å². The van der Waals surface area contributed by atoms with Gasteiger partial charge in [0.2, 0.25) is 5.95 Å². The molecule has 0 amide bonds. The van der Waals surface area contributed by atoms with Gasteiger partial charge in [0, 0.05) is 44.4 Å². The summed E-state index contributed by atoms with van der Waals surface area (Å²) in [5.41, 5.74) is 1.14. The van der Waals surface area contributed by atoms with E-state index in [9.17, 15) is 0 Å². The second kappa shape index (κ2) is 6.70. The van der Waals surface area contributed by atoms with Crippen molar-refractivity contribution < 1.29 is 4.74 Å². The largest absolute Gasteiger partial charge is 0.384 e. The number of hydrogen-bond acceptors (Lipinski definition) is 5. The second-order valence-corrected chi connectivity index (χ2v) is 5.18. The van der Waals surface area contributed by atoms with Crippen molar-refractivity contribution in [3.63, 3.8) is 0 Å². The fraction of sp³-hybridized carbons (Fsp3) is 0.714. The summed E-state index contributed by atoms with van der Waals surface area (Å²) in [6.07, 6.45) is 4.16. The van der Waals surface area contributed by atoms with Crippen LogP contribution in [0.5, 0.6) is 0 Å².